The molecule has 2 heterocycles. The number of anilines is 2. The Morgan fingerprint density at radius 3 is 2.77 bits per heavy atom. The van der Waals surface area contributed by atoms with Gasteiger partial charge in [-0.3, -0.25) is 9.78 Å². The predicted molar refractivity (Wildman–Crippen MR) is 122 cm³/mol. The van der Waals surface area contributed by atoms with Crippen molar-refractivity contribution < 1.29 is 4.79 Å². The van der Waals surface area contributed by atoms with E-state index in [-0.39, 0.29) is 5.91 Å². The highest BCUT2D eigenvalue weighted by molar-refractivity contribution is 6.06. The fourth-order valence-corrected chi connectivity index (χ4v) is 3.18. The van der Waals surface area contributed by atoms with Crippen molar-refractivity contribution in [2.24, 2.45) is 4.99 Å². The number of nitrogens with zero attached hydrogens (tertiary/aromatic N) is 2. The fraction of sp³-hybridized carbons (Fsp3) is 0.125. The molecular weight excluding hydrogens is 374 g/mol. The molecule has 4 rings (SSSR count). The van der Waals surface area contributed by atoms with Crippen LogP contribution in [-0.4, -0.2) is 23.4 Å². The lowest BCUT2D eigenvalue weighted by atomic mass is 10.1. The average Bonchev–Trinajstić information content (AvgIpc) is 2.76. The monoisotopic (exact) mass is 397 g/mol. The molecule has 1 aliphatic heterocycles. The molecule has 0 atom stereocenters. The van der Waals surface area contributed by atoms with Gasteiger partial charge in [0.2, 0.25) is 5.96 Å². The number of aliphatic imine (C=N–C) groups is 1. The van der Waals surface area contributed by atoms with Gasteiger partial charge >= 0.3 is 0 Å². The van der Waals surface area contributed by atoms with Gasteiger partial charge in [-0.2, -0.15) is 0 Å². The molecule has 150 valence electrons. The summed E-state index contributed by atoms with van der Waals surface area (Å²) in [5.74, 6) is 0.480. The number of hydrogen-bond donors (Lipinski definition) is 3. The van der Waals surface area contributed by atoms with Crippen LogP contribution in [0.25, 0.3) is 5.70 Å². The van der Waals surface area contributed by atoms with Gasteiger partial charge < -0.3 is 16.0 Å². The molecular formula is C24H23N5O. The summed E-state index contributed by atoms with van der Waals surface area (Å²) in [6.45, 7) is 4.55. The Hall–Kier alpha value is -3.93. The smallest absolute Gasteiger partial charge is 0.255 e. The largest absolute Gasteiger partial charge is 0.326 e. The second-order valence-corrected chi connectivity index (χ2v) is 7.15. The van der Waals surface area contributed by atoms with Crippen molar-refractivity contribution in [1.29, 1.82) is 0 Å². The average molecular weight is 397 g/mol. The molecule has 0 unspecified atom stereocenters. The van der Waals surface area contributed by atoms with Crippen molar-refractivity contribution in [2.75, 3.05) is 17.2 Å². The molecule has 6 heteroatoms. The number of hydrogen-bond acceptors (Lipinski definition) is 5. The lowest BCUT2D eigenvalue weighted by molar-refractivity contribution is 0.102. The summed E-state index contributed by atoms with van der Waals surface area (Å²) >= 11 is 0. The van der Waals surface area contributed by atoms with E-state index in [4.69, 9.17) is 0 Å². The molecule has 0 radical (unpaired) electrons. The maximum atomic E-state index is 12.7. The molecule has 1 aliphatic rings. The summed E-state index contributed by atoms with van der Waals surface area (Å²) in [7, 11) is 0. The van der Waals surface area contributed by atoms with Crippen LogP contribution in [0.1, 0.15) is 27.0 Å². The SMILES string of the molecule is Cc1cccc(NC(=O)c2ccc(C)c(NC3=NCC=C(c4cccnc4)N3)c2)c1. The minimum Gasteiger partial charge on any atom is -0.326 e. The van der Waals surface area contributed by atoms with Gasteiger partial charge in [-0.25, -0.2) is 4.99 Å². The summed E-state index contributed by atoms with van der Waals surface area (Å²) < 4.78 is 0. The first-order chi connectivity index (χ1) is 14.6. The van der Waals surface area contributed by atoms with Crippen LogP contribution in [-0.2, 0) is 0 Å². The maximum absolute atomic E-state index is 12.7. The number of aromatic nitrogens is 1. The highest BCUT2D eigenvalue weighted by Gasteiger charge is 2.13. The Kier molecular flexibility index (Phi) is 5.57. The zero-order chi connectivity index (χ0) is 20.9. The van der Waals surface area contributed by atoms with Gasteiger partial charge in [0.25, 0.3) is 5.91 Å². The van der Waals surface area contributed by atoms with Crippen molar-refractivity contribution in [3.05, 3.63) is 95.3 Å². The topological polar surface area (TPSA) is 78.4 Å². The van der Waals surface area contributed by atoms with E-state index in [1.54, 1.807) is 6.20 Å². The first-order valence-corrected chi connectivity index (χ1v) is 9.76. The van der Waals surface area contributed by atoms with E-state index in [9.17, 15) is 4.79 Å². The highest BCUT2D eigenvalue weighted by atomic mass is 16.1. The van der Waals surface area contributed by atoms with Crippen LogP contribution in [0.2, 0.25) is 0 Å². The number of rotatable bonds is 4. The predicted octanol–water partition coefficient (Wildman–Crippen LogP) is 4.36. The van der Waals surface area contributed by atoms with E-state index in [1.807, 2.05) is 80.7 Å². The van der Waals surface area contributed by atoms with E-state index in [1.165, 1.54) is 0 Å². The summed E-state index contributed by atoms with van der Waals surface area (Å²) in [6, 6.07) is 17.2. The van der Waals surface area contributed by atoms with Crippen LogP contribution >= 0.6 is 0 Å². The second-order valence-electron chi connectivity index (χ2n) is 7.15. The van der Waals surface area contributed by atoms with E-state index < -0.39 is 0 Å². The summed E-state index contributed by atoms with van der Waals surface area (Å²) in [5.41, 5.74) is 6.23. The Morgan fingerprint density at radius 2 is 1.97 bits per heavy atom. The molecule has 0 saturated carbocycles. The van der Waals surface area contributed by atoms with E-state index in [0.717, 1.165) is 33.8 Å². The van der Waals surface area contributed by atoms with E-state index in [2.05, 4.69) is 25.9 Å². The minimum atomic E-state index is -0.155. The Morgan fingerprint density at radius 1 is 1.07 bits per heavy atom. The normalized spacial score (nSPS) is 13.0. The minimum absolute atomic E-state index is 0.155. The van der Waals surface area contributed by atoms with Crippen molar-refractivity contribution >= 4 is 28.9 Å². The molecule has 30 heavy (non-hydrogen) atoms. The fourth-order valence-electron chi connectivity index (χ4n) is 3.18. The number of aryl methyl sites for hydroxylation is 2. The number of pyridine rings is 1. The maximum Gasteiger partial charge on any atom is 0.255 e. The molecule has 0 bridgehead atoms. The first kappa shape index (κ1) is 19.4. The summed E-state index contributed by atoms with van der Waals surface area (Å²) in [4.78, 5) is 21.4. The number of carbonyl (C=O) groups is 1. The van der Waals surface area contributed by atoms with Gasteiger partial charge in [-0.15, -0.1) is 0 Å². The van der Waals surface area contributed by atoms with Crippen molar-refractivity contribution in [2.45, 2.75) is 13.8 Å². The van der Waals surface area contributed by atoms with Gasteiger partial charge in [0.05, 0.1) is 6.54 Å². The van der Waals surface area contributed by atoms with E-state index >= 15 is 0 Å². The third-order valence-corrected chi connectivity index (χ3v) is 4.80. The first-order valence-electron chi connectivity index (χ1n) is 9.76. The van der Waals surface area contributed by atoms with Gasteiger partial charge in [-0.05, 0) is 67.4 Å². The van der Waals surface area contributed by atoms with Crippen LogP contribution < -0.4 is 16.0 Å². The van der Waals surface area contributed by atoms with Gasteiger partial charge in [0.1, 0.15) is 0 Å². The zero-order valence-electron chi connectivity index (χ0n) is 16.9. The third kappa shape index (κ3) is 4.55. The lowest BCUT2D eigenvalue weighted by Gasteiger charge is -2.19. The molecule has 3 aromatic rings. The van der Waals surface area contributed by atoms with Crippen LogP contribution in [0.4, 0.5) is 11.4 Å². The van der Waals surface area contributed by atoms with Crippen molar-refractivity contribution in [3.63, 3.8) is 0 Å². The van der Waals surface area contributed by atoms with Gasteiger partial charge in [0, 0.05) is 40.6 Å². The van der Waals surface area contributed by atoms with Crippen LogP contribution in [0.3, 0.4) is 0 Å². The lowest BCUT2D eigenvalue weighted by Crippen LogP contribution is -2.32. The molecule has 0 aliphatic carbocycles. The van der Waals surface area contributed by atoms with Crippen molar-refractivity contribution in [1.82, 2.24) is 10.3 Å². The molecule has 1 amide bonds. The molecule has 2 aromatic carbocycles. The second kappa shape index (κ2) is 8.61. The molecule has 0 fully saturated rings. The van der Waals surface area contributed by atoms with Crippen LogP contribution in [0, 0.1) is 13.8 Å². The quantitative estimate of drug-likeness (QED) is 0.611. The van der Waals surface area contributed by atoms with Gasteiger partial charge in [0.15, 0.2) is 0 Å². The number of benzene rings is 2. The Labute approximate surface area is 175 Å². The number of carbonyl (C=O) groups excluding carboxylic acids is 1. The van der Waals surface area contributed by atoms with Gasteiger partial charge in [-0.1, -0.05) is 18.2 Å². The van der Waals surface area contributed by atoms with Crippen LogP contribution in [0.15, 0.2) is 78.1 Å². The highest BCUT2D eigenvalue weighted by Crippen LogP contribution is 2.20. The molecule has 1 aromatic heterocycles. The number of guanidine groups is 1. The summed E-state index contributed by atoms with van der Waals surface area (Å²) in [6.07, 6.45) is 5.57. The summed E-state index contributed by atoms with van der Waals surface area (Å²) in [5, 5.41) is 9.56. The van der Waals surface area contributed by atoms with E-state index in [0.29, 0.717) is 18.1 Å². The standard InChI is InChI=1S/C24H23N5O/c1-16-5-3-7-20(13-16)27-23(30)18-9-8-17(2)22(14-18)29-24-26-12-10-21(28-24)19-6-4-11-25-15-19/h3-11,13-15H,12H2,1-2H3,(H,27,30)(H2,26,28,29). The third-order valence-electron chi connectivity index (χ3n) is 4.80. The molecule has 3 N–H and O–H groups in total. The Balaban J connectivity index is 1.48. The zero-order valence-corrected chi connectivity index (χ0v) is 16.9. The van der Waals surface area contributed by atoms with Crippen molar-refractivity contribution in [3.8, 4) is 0 Å². The van der Waals surface area contributed by atoms with Crippen LogP contribution in [0.5, 0.6) is 0 Å². The Bertz CT molecular complexity index is 1140. The molecule has 6 nitrogen and oxygen atoms in total. The molecule has 0 spiro atoms. The molecule has 0 saturated heterocycles. The number of amides is 1. The number of nitrogens with one attached hydrogen (secondary N) is 3.